The van der Waals surface area contributed by atoms with E-state index in [1.54, 1.807) is 24.3 Å². The van der Waals surface area contributed by atoms with Gasteiger partial charge in [-0.25, -0.2) is 13.4 Å². The van der Waals surface area contributed by atoms with Crippen LogP contribution in [-0.4, -0.2) is 25.9 Å². The average molecular weight is 522 g/mol. The summed E-state index contributed by atoms with van der Waals surface area (Å²) in [5.41, 5.74) is 1.04. The maximum atomic E-state index is 12.9. The van der Waals surface area contributed by atoms with E-state index >= 15 is 0 Å². The highest BCUT2D eigenvalue weighted by Crippen LogP contribution is 2.30. The minimum atomic E-state index is -3.96. The topological polar surface area (TPSA) is 97.4 Å². The summed E-state index contributed by atoms with van der Waals surface area (Å²) in [5.74, 6) is 0.133. The first-order chi connectivity index (χ1) is 15.7. The smallest absolute Gasteiger partial charge is 0.261 e. The lowest BCUT2D eigenvalue weighted by Crippen LogP contribution is -2.16. The number of anilines is 2. The minimum Gasteiger partial charge on any atom is -0.494 e. The van der Waals surface area contributed by atoms with Crippen LogP contribution in [0.4, 0.5) is 10.8 Å². The Bertz CT molecular complexity index is 1440. The Labute approximate surface area is 204 Å². The summed E-state index contributed by atoms with van der Waals surface area (Å²) in [5, 5.41) is 3.63. The zero-order valence-electron chi connectivity index (χ0n) is 17.1. The molecule has 0 saturated carbocycles. The number of nitrogens with zero attached hydrogens (tertiary/aromatic N) is 1. The zero-order valence-corrected chi connectivity index (χ0v) is 20.3. The number of hydrogen-bond donors (Lipinski definition) is 2. The van der Waals surface area contributed by atoms with Crippen LogP contribution < -0.4 is 14.8 Å². The van der Waals surface area contributed by atoms with E-state index in [1.165, 1.54) is 41.7 Å². The molecule has 0 atom stereocenters. The molecule has 4 aromatic rings. The number of amides is 1. The van der Waals surface area contributed by atoms with E-state index in [4.69, 9.17) is 27.9 Å². The van der Waals surface area contributed by atoms with Crippen molar-refractivity contribution in [3.05, 3.63) is 76.3 Å². The van der Waals surface area contributed by atoms with Crippen molar-refractivity contribution in [2.75, 3.05) is 16.6 Å². The second-order valence-corrected chi connectivity index (χ2v) is 10.3. The number of carbonyl (C=O) groups is 1. The summed E-state index contributed by atoms with van der Waals surface area (Å²) in [4.78, 5) is 17.1. The third-order valence-corrected chi connectivity index (χ3v) is 7.37. The van der Waals surface area contributed by atoms with Crippen molar-refractivity contribution in [3.63, 3.8) is 0 Å². The van der Waals surface area contributed by atoms with Crippen molar-refractivity contribution in [1.82, 2.24) is 4.98 Å². The van der Waals surface area contributed by atoms with Gasteiger partial charge in [0.25, 0.3) is 15.9 Å². The number of rotatable bonds is 7. The molecule has 4 rings (SSSR count). The molecular formula is C22H17Cl2N3O4S2. The molecule has 0 aliphatic carbocycles. The number of halogens is 2. The van der Waals surface area contributed by atoms with Crippen molar-refractivity contribution in [2.45, 2.75) is 11.8 Å². The Morgan fingerprint density at radius 2 is 1.82 bits per heavy atom. The van der Waals surface area contributed by atoms with Crippen LogP contribution in [0.25, 0.3) is 10.2 Å². The summed E-state index contributed by atoms with van der Waals surface area (Å²) in [6.45, 7) is 2.43. The first kappa shape index (κ1) is 23.3. The van der Waals surface area contributed by atoms with Gasteiger partial charge in [0, 0.05) is 10.7 Å². The summed E-state index contributed by atoms with van der Waals surface area (Å²) < 4.78 is 34.4. The van der Waals surface area contributed by atoms with Crippen LogP contribution in [0.3, 0.4) is 0 Å². The fourth-order valence-electron chi connectivity index (χ4n) is 2.96. The number of sulfonamides is 1. The van der Waals surface area contributed by atoms with Crippen molar-refractivity contribution in [2.24, 2.45) is 0 Å². The molecule has 0 spiro atoms. The lowest BCUT2D eigenvalue weighted by atomic mass is 10.2. The maximum absolute atomic E-state index is 12.9. The van der Waals surface area contributed by atoms with Crippen LogP contribution >= 0.6 is 34.5 Å². The summed E-state index contributed by atoms with van der Waals surface area (Å²) in [6.07, 6.45) is 0. The lowest BCUT2D eigenvalue weighted by molar-refractivity contribution is 0.102. The maximum Gasteiger partial charge on any atom is 0.261 e. The fourth-order valence-corrected chi connectivity index (χ4v) is 5.26. The predicted molar refractivity (Wildman–Crippen MR) is 132 cm³/mol. The van der Waals surface area contributed by atoms with Crippen molar-refractivity contribution >= 4 is 71.5 Å². The lowest BCUT2D eigenvalue weighted by Gasteiger charge is -2.10. The van der Waals surface area contributed by atoms with Gasteiger partial charge in [-0.3, -0.25) is 14.8 Å². The van der Waals surface area contributed by atoms with Gasteiger partial charge < -0.3 is 4.74 Å². The van der Waals surface area contributed by atoms with Crippen LogP contribution in [0.1, 0.15) is 17.3 Å². The standard InChI is InChI=1S/C22H17Cl2N3O4S2/c1-2-31-15-7-10-19-20(11-15)32-22(25-19)26-21(28)17-12-16(8-9-18(17)24)33(29,30)27-14-5-3-13(23)4-6-14/h3-12,27H,2H2,1H3,(H,25,26,28). The number of nitrogens with one attached hydrogen (secondary N) is 2. The van der Waals surface area contributed by atoms with E-state index in [0.29, 0.717) is 33.7 Å². The SMILES string of the molecule is CCOc1ccc2nc(NC(=O)c3cc(S(=O)(=O)Nc4ccc(Cl)cc4)ccc3Cl)sc2c1. The Morgan fingerprint density at radius 1 is 1.06 bits per heavy atom. The first-order valence-electron chi connectivity index (χ1n) is 9.68. The van der Waals surface area contributed by atoms with E-state index in [2.05, 4.69) is 15.0 Å². The molecule has 0 saturated heterocycles. The molecule has 3 aromatic carbocycles. The van der Waals surface area contributed by atoms with E-state index < -0.39 is 15.9 Å². The molecule has 1 amide bonds. The Kier molecular flexibility index (Phi) is 6.76. The molecule has 0 bridgehead atoms. The largest absolute Gasteiger partial charge is 0.494 e. The van der Waals surface area contributed by atoms with E-state index in [9.17, 15) is 13.2 Å². The summed E-state index contributed by atoms with van der Waals surface area (Å²) >= 11 is 13.3. The van der Waals surface area contributed by atoms with Gasteiger partial charge in [0.05, 0.1) is 32.3 Å². The van der Waals surface area contributed by atoms with Crippen molar-refractivity contribution in [1.29, 1.82) is 0 Å². The van der Waals surface area contributed by atoms with Gasteiger partial charge in [0.2, 0.25) is 0 Å². The number of aromatic nitrogens is 1. The Hall–Kier alpha value is -2.85. The Morgan fingerprint density at radius 3 is 2.55 bits per heavy atom. The number of benzene rings is 3. The van der Waals surface area contributed by atoms with Gasteiger partial charge in [-0.05, 0) is 67.6 Å². The van der Waals surface area contributed by atoms with Gasteiger partial charge in [0.1, 0.15) is 5.75 Å². The van der Waals surface area contributed by atoms with Crippen LogP contribution in [0.15, 0.2) is 65.6 Å². The van der Waals surface area contributed by atoms with Gasteiger partial charge in [-0.15, -0.1) is 0 Å². The number of ether oxygens (including phenoxy) is 1. The monoisotopic (exact) mass is 521 g/mol. The number of fused-ring (bicyclic) bond motifs is 1. The third kappa shape index (κ3) is 5.39. The zero-order chi connectivity index (χ0) is 23.6. The number of thiazole rings is 1. The molecule has 1 heterocycles. The quantitative estimate of drug-likeness (QED) is 0.308. The first-order valence-corrected chi connectivity index (χ1v) is 12.7. The van der Waals surface area contributed by atoms with Crippen LogP contribution in [0.2, 0.25) is 10.0 Å². The van der Waals surface area contributed by atoms with Crippen LogP contribution in [0.5, 0.6) is 5.75 Å². The Balaban J connectivity index is 1.57. The molecule has 33 heavy (non-hydrogen) atoms. The number of carbonyl (C=O) groups excluding carboxylic acids is 1. The molecule has 0 radical (unpaired) electrons. The fraction of sp³-hybridized carbons (Fsp3) is 0.0909. The minimum absolute atomic E-state index is 0.00455. The molecule has 0 aliphatic heterocycles. The van der Waals surface area contributed by atoms with Gasteiger partial charge in [-0.1, -0.05) is 34.5 Å². The molecule has 0 fully saturated rings. The third-order valence-electron chi connectivity index (χ3n) is 4.48. The highest BCUT2D eigenvalue weighted by atomic mass is 35.5. The van der Waals surface area contributed by atoms with Gasteiger partial charge in [0.15, 0.2) is 5.13 Å². The second-order valence-electron chi connectivity index (χ2n) is 6.79. The highest BCUT2D eigenvalue weighted by Gasteiger charge is 2.20. The van der Waals surface area contributed by atoms with Crippen molar-refractivity contribution < 1.29 is 17.9 Å². The molecule has 7 nitrogen and oxygen atoms in total. The second kappa shape index (κ2) is 9.56. The molecule has 0 unspecified atom stereocenters. The van der Waals surface area contributed by atoms with Gasteiger partial charge in [-0.2, -0.15) is 0 Å². The van der Waals surface area contributed by atoms with Crippen molar-refractivity contribution in [3.8, 4) is 5.75 Å². The van der Waals surface area contributed by atoms with E-state index in [0.717, 1.165) is 4.70 Å². The molecule has 1 aromatic heterocycles. The van der Waals surface area contributed by atoms with E-state index in [1.807, 2.05) is 13.0 Å². The molecule has 11 heteroatoms. The van der Waals surface area contributed by atoms with Crippen LogP contribution in [-0.2, 0) is 10.0 Å². The van der Waals surface area contributed by atoms with E-state index in [-0.39, 0.29) is 15.5 Å². The summed E-state index contributed by atoms with van der Waals surface area (Å²) in [6, 6.07) is 15.5. The predicted octanol–water partition coefficient (Wildman–Crippen LogP) is 6.05. The molecule has 0 aliphatic rings. The molecule has 170 valence electrons. The normalized spacial score (nSPS) is 11.4. The average Bonchev–Trinajstić information content (AvgIpc) is 3.17. The summed E-state index contributed by atoms with van der Waals surface area (Å²) in [7, 11) is -3.96. The molecular weight excluding hydrogens is 505 g/mol. The molecule has 2 N–H and O–H groups in total. The van der Waals surface area contributed by atoms with Crippen LogP contribution in [0, 0.1) is 0 Å². The number of hydrogen-bond acceptors (Lipinski definition) is 6. The highest BCUT2D eigenvalue weighted by molar-refractivity contribution is 7.92. The van der Waals surface area contributed by atoms with Gasteiger partial charge >= 0.3 is 0 Å².